The number of ether oxygens (including phenoxy) is 1. The van der Waals surface area contributed by atoms with Crippen LogP contribution in [0.15, 0.2) is 16.7 Å². The molecule has 1 N–H and O–H groups in total. The van der Waals surface area contributed by atoms with Crippen LogP contribution < -0.4 is 0 Å². The highest BCUT2D eigenvalue weighted by Crippen LogP contribution is 2.42. The zero-order valence-corrected chi connectivity index (χ0v) is 21.9. The van der Waals surface area contributed by atoms with Crippen LogP contribution in [0.5, 0.6) is 0 Å². The number of amides is 1. The van der Waals surface area contributed by atoms with Crippen molar-refractivity contribution >= 4 is 26.1 Å². The number of aromatic nitrogens is 1. The fourth-order valence-corrected chi connectivity index (χ4v) is 5.61. The number of carbonyl (C=O) groups is 1. The summed E-state index contributed by atoms with van der Waals surface area (Å²) >= 11 is 0. The summed E-state index contributed by atoms with van der Waals surface area (Å²) in [4.78, 5) is 12.7. The van der Waals surface area contributed by atoms with Crippen LogP contribution in [0.3, 0.4) is 0 Å². The van der Waals surface area contributed by atoms with E-state index in [1.807, 2.05) is 0 Å². The van der Waals surface area contributed by atoms with E-state index in [4.69, 9.17) is 18.8 Å². The van der Waals surface area contributed by atoms with E-state index < -0.39 is 15.1 Å². The Morgan fingerprint density at radius 2 is 1.97 bits per heavy atom. The van der Waals surface area contributed by atoms with Gasteiger partial charge in [0.25, 0.3) is 0 Å². The average molecular weight is 476 g/mol. The molecule has 1 aromatic carbocycles. The normalized spacial score (nSPS) is 16.6. The molecule has 0 spiro atoms. The number of fused-ring (bicyclic) bond motifs is 1. The Kier molecular flexibility index (Phi) is 8.58. The molecule has 3 rings (SSSR count). The van der Waals surface area contributed by atoms with Gasteiger partial charge in [-0.3, -0.25) is 0 Å². The molecule has 1 aliphatic rings. The summed E-state index contributed by atoms with van der Waals surface area (Å²) in [6, 6.07) is 4.31. The second-order valence-corrected chi connectivity index (χ2v) is 12.5. The summed E-state index contributed by atoms with van der Waals surface area (Å²) in [7, 11) is 0.791. The Morgan fingerprint density at radius 3 is 2.55 bits per heavy atom. The zero-order valence-electron chi connectivity index (χ0n) is 20.9. The van der Waals surface area contributed by atoms with Crippen LogP contribution in [0.1, 0.15) is 63.0 Å². The summed E-state index contributed by atoms with van der Waals surface area (Å²) < 4.78 is 17.9. The van der Waals surface area contributed by atoms with Crippen LogP contribution in [0.2, 0.25) is 13.1 Å². The van der Waals surface area contributed by atoms with Crippen LogP contribution in [0, 0.1) is 11.3 Å². The van der Waals surface area contributed by atoms with Crippen LogP contribution >= 0.6 is 0 Å². The van der Waals surface area contributed by atoms with Gasteiger partial charge in [-0.1, -0.05) is 32.0 Å². The maximum absolute atomic E-state index is 11.2. The van der Waals surface area contributed by atoms with Crippen LogP contribution in [0.4, 0.5) is 4.79 Å². The van der Waals surface area contributed by atoms with Crippen molar-refractivity contribution in [1.82, 2.24) is 10.1 Å². The molecule has 1 unspecified atom stereocenters. The molecule has 0 bridgehead atoms. The van der Waals surface area contributed by atoms with Gasteiger partial charge in [0.05, 0.1) is 18.4 Å². The van der Waals surface area contributed by atoms with E-state index in [-0.39, 0.29) is 11.5 Å². The maximum Gasteiger partial charge on any atom is 0.407 e. The van der Waals surface area contributed by atoms with Crippen molar-refractivity contribution in [1.29, 1.82) is 0 Å². The molecule has 183 valence electrons. The van der Waals surface area contributed by atoms with Crippen LogP contribution in [-0.2, 0) is 22.0 Å². The Bertz CT molecular complexity index is 929. The molecule has 8 heteroatoms. The monoisotopic (exact) mass is 475 g/mol. The molecule has 1 atom stereocenters. The van der Waals surface area contributed by atoms with Gasteiger partial charge >= 0.3 is 6.09 Å². The largest absolute Gasteiger partial charge is 0.465 e. The fourth-order valence-electron chi connectivity index (χ4n) is 4.67. The van der Waals surface area contributed by atoms with Crippen molar-refractivity contribution in [2.45, 2.75) is 72.1 Å². The van der Waals surface area contributed by atoms with Gasteiger partial charge in [0.15, 0.2) is 5.58 Å². The van der Waals surface area contributed by atoms with Crippen molar-refractivity contribution in [2.75, 3.05) is 26.8 Å². The first-order chi connectivity index (χ1) is 15.6. The Labute approximate surface area is 199 Å². The molecule has 1 radical (unpaired) electrons. The lowest BCUT2D eigenvalue weighted by molar-refractivity contribution is 0.0854. The lowest BCUT2D eigenvalue weighted by atomic mass is 9.81. The lowest BCUT2D eigenvalue weighted by Gasteiger charge is -2.34. The van der Waals surface area contributed by atoms with E-state index in [2.05, 4.69) is 51.2 Å². The van der Waals surface area contributed by atoms with Crippen molar-refractivity contribution < 1.29 is 23.6 Å². The maximum atomic E-state index is 11.2. The molecule has 1 amide bonds. The molecule has 1 saturated heterocycles. The summed E-state index contributed by atoms with van der Waals surface area (Å²) in [5, 5.41) is 14.7. The second-order valence-electron chi connectivity index (χ2n) is 10.4. The van der Waals surface area contributed by atoms with Gasteiger partial charge in [-0.2, -0.15) is 0 Å². The highest BCUT2D eigenvalue weighted by atomic mass is 28.3. The summed E-state index contributed by atoms with van der Waals surface area (Å²) in [5.41, 5.74) is 4.02. The van der Waals surface area contributed by atoms with Crippen molar-refractivity contribution in [2.24, 2.45) is 11.3 Å². The van der Waals surface area contributed by atoms with Crippen LogP contribution in [0.25, 0.3) is 11.0 Å². The van der Waals surface area contributed by atoms with Gasteiger partial charge in [-0.25, -0.2) is 4.79 Å². The van der Waals surface area contributed by atoms with E-state index in [9.17, 15) is 4.79 Å². The van der Waals surface area contributed by atoms with E-state index >= 15 is 0 Å². The lowest BCUT2D eigenvalue weighted by Crippen LogP contribution is -2.37. The highest BCUT2D eigenvalue weighted by molar-refractivity contribution is 6.48. The highest BCUT2D eigenvalue weighted by Gasteiger charge is 2.33. The number of benzene rings is 1. The van der Waals surface area contributed by atoms with E-state index in [1.165, 1.54) is 10.5 Å². The van der Waals surface area contributed by atoms with Crippen molar-refractivity contribution in [3.8, 4) is 0 Å². The number of aryl methyl sites for hydroxylation is 1. The predicted octanol–water partition coefficient (Wildman–Crippen LogP) is 5.69. The number of nitrogens with zero attached hydrogens (tertiary/aromatic N) is 2. The quantitative estimate of drug-likeness (QED) is 0.469. The van der Waals surface area contributed by atoms with E-state index in [0.29, 0.717) is 25.6 Å². The number of piperidine rings is 1. The van der Waals surface area contributed by atoms with Gasteiger partial charge in [0, 0.05) is 31.1 Å². The SMILES string of the molecule is COCCc1ccc2c(CCC3CCN(C(=O)O)CC3)noc2c1C(O[Si](C)C)C(C)(C)C. The first-order valence-electron chi connectivity index (χ1n) is 12.0. The number of methoxy groups -OCH3 is 1. The minimum Gasteiger partial charge on any atom is -0.465 e. The summed E-state index contributed by atoms with van der Waals surface area (Å²) in [5.74, 6) is 0.517. The van der Waals surface area contributed by atoms with E-state index in [1.54, 1.807) is 7.11 Å². The van der Waals surface area contributed by atoms with Gasteiger partial charge in [-0.15, -0.1) is 0 Å². The number of rotatable bonds is 9. The van der Waals surface area contributed by atoms with Gasteiger partial charge in [-0.05, 0) is 68.2 Å². The third-order valence-electron chi connectivity index (χ3n) is 6.50. The Morgan fingerprint density at radius 1 is 1.27 bits per heavy atom. The van der Waals surface area contributed by atoms with Gasteiger partial charge in [0.2, 0.25) is 9.04 Å². The molecule has 1 fully saturated rings. The molecule has 33 heavy (non-hydrogen) atoms. The Hall–Kier alpha value is -1.90. The van der Waals surface area contributed by atoms with Gasteiger partial charge in [0.1, 0.15) is 0 Å². The minimum absolute atomic E-state index is 0.0851. The van der Waals surface area contributed by atoms with Crippen LogP contribution in [-0.4, -0.2) is 57.1 Å². The smallest absolute Gasteiger partial charge is 0.407 e. The molecule has 1 aromatic heterocycles. The van der Waals surface area contributed by atoms with E-state index in [0.717, 1.165) is 54.3 Å². The fraction of sp³-hybridized carbons (Fsp3) is 0.680. The first kappa shape index (κ1) is 25.7. The summed E-state index contributed by atoms with van der Waals surface area (Å²) in [6.07, 6.45) is 3.54. The molecular formula is C25H39N2O5Si. The van der Waals surface area contributed by atoms with Crippen molar-refractivity contribution in [3.63, 3.8) is 0 Å². The number of likely N-dealkylation sites (tertiary alicyclic amines) is 1. The molecule has 0 saturated carbocycles. The third kappa shape index (κ3) is 6.37. The zero-order chi connectivity index (χ0) is 24.2. The van der Waals surface area contributed by atoms with Crippen molar-refractivity contribution in [3.05, 3.63) is 29.0 Å². The molecule has 2 heterocycles. The second kappa shape index (κ2) is 11.0. The number of carboxylic acid groups (broad SMARTS) is 1. The van der Waals surface area contributed by atoms with Gasteiger partial charge < -0.3 is 23.7 Å². The average Bonchev–Trinajstić information content (AvgIpc) is 3.17. The standard InChI is InChI=1S/C25H39N2O5Si/c1-25(2,3)23(32-33(5)6)21-18(13-16-30-4)8-9-19-20(26-31-22(19)21)10-7-17-11-14-27(15-12-17)24(28)29/h8-9,17,23H,7,10-16H2,1-6H3,(H,28,29). The molecular weight excluding hydrogens is 436 g/mol. The minimum atomic E-state index is -0.934. The summed E-state index contributed by atoms with van der Waals surface area (Å²) in [6.45, 7) is 12.8. The molecule has 7 nitrogen and oxygen atoms in total. The topological polar surface area (TPSA) is 85.0 Å². The molecule has 0 aliphatic carbocycles. The number of hydrogen-bond donors (Lipinski definition) is 1. The Balaban J connectivity index is 1.88. The molecule has 1 aliphatic heterocycles. The first-order valence-corrected chi connectivity index (χ1v) is 14.4. The molecule has 2 aromatic rings. The predicted molar refractivity (Wildman–Crippen MR) is 131 cm³/mol. The third-order valence-corrected chi connectivity index (χ3v) is 7.20. The number of hydrogen-bond acceptors (Lipinski definition) is 5.